The third-order valence-electron chi connectivity index (χ3n) is 4.05. The highest BCUT2D eigenvalue weighted by Crippen LogP contribution is 2.26. The number of rotatable bonds is 5. The van der Waals surface area contributed by atoms with Crippen LogP contribution < -0.4 is 11.1 Å². The summed E-state index contributed by atoms with van der Waals surface area (Å²) in [6.45, 7) is 3.70. The van der Waals surface area contributed by atoms with Gasteiger partial charge in [-0.1, -0.05) is 17.7 Å². The summed E-state index contributed by atoms with van der Waals surface area (Å²) in [7, 11) is 0. The molecule has 1 aromatic carbocycles. The monoisotopic (exact) mass is 437 g/mol. The molecule has 1 fully saturated rings. The van der Waals surface area contributed by atoms with Gasteiger partial charge in [0.15, 0.2) is 0 Å². The fraction of sp³-hybridized carbons (Fsp3) is 0.353. The second-order valence-corrected chi connectivity index (χ2v) is 7.02. The van der Waals surface area contributed by atoms with Gasteiger partial charge in [0.25, 0.3) is 5.91 Å². The van der Waals surface area contributed by atoms with E-state index in [1.807, 2.05) is 6.07 Å². The molecule has 26 heavy (non-hydrogen) atoms. The summed E-state index contributed by atoms with van der Waals surface area (Å²) < 4.78 is 5.43. The van der Waals surface area contributed by atoms with Crippen molar-refractivity contribution < 1.29 is 9.53 Å². The van der Waals surface area contributed by atoms with Gasteiger partial charge in [0, 0.05) is 30.2 Å². The summed E-state index contributed by atoms with van der Waals surface area (Å²) in [5.41, 5.74) is 6.66. The quantitative estimate of drug-likeness (QED) is 0.700. The molecule has 144 valence electrons. The zero-order valence-corrected chi connectivity index (χ0v) is 17.2. The number of nitrogens with two attached hydrogens (primary N) is 1. The van der Waals surface area contributed by atoms with Crippen molar-refractivity contribution in [3.63, 3.8) is 0 Å². The summed E-state index contributed by atoms with van der Waals surface area (Å²) in [6, 6.07) is 9.21. The maximum atomic E-state index is 12.5. The first kappa shape index (κ1) is 23.0. The predicted molar refractivity (Wildman–Crippen MR) is 112 cm³/mol. The summed E-state index contributed by atoms with van der Waals surface area (Å²) in [4.78, 5) is 16.0. The van der Waals surface area contributed by atoms with E-state index in [9.17, 15) is 4.79 Å². The molecule has 1 saturated heterocycles. The molecule has 1 atom stereocenters. The number of halogens is 3. The second-order valence-electron chi connectivity index (χ2n) is 5.63. The molecule has 0 spiro atoms. The highest BCUT2D eigenvalue weighted by molar-refractivity contribution is 7.10. The molecule has 2 heterocycles. The lowest BCUT2D eigenvalue weighted by Gasteiger charge is -2.34. The smallest absolute Gasteiger partial charge is 0.252 e. The van der Waals surface area contributed by atoms with Crippen molar-refractivity contribution in [3.05, 3.63) is 51.2 Å². The molecular formula is C17H22Cl3N3O2S. The van der Waals surface area contributed by atoms with Crippen LogP contribution >= 0.6 is 47.8 Å². The van der Waals surface area contributed by atoms with Crippen LogP contribution in [0.15, 0.2) is 35.7 Å². The summed E-state index contributed by atoms with van der Waals surface area (Å²) in [6.07, 6.45) is 0. The van der Waals surface area contributed by atoms with Gasteiger partial charge < -0.3 is 15.8 Å². The van der Waals surface area contributed by atoms with E-state index in [1.54, 1.807) is 29.5 Å². The molecular weight excluding hydrogens is 417 g/mol. The molecule has 5 nitrogen and oxygen atoms in total. The lowest BCUT2D eigenvalue weighted by molar-refractivity contribution is 0.0169. The van der Waals surface area contributed by atoms with Crippen LogP contribution in [0.25, 0.3) is 0 Å². The van der Waals surface area contributed by atoms with Gasteiger partial charge in [-0.05, 0) is 29.6 Å². The first-order chi connectivity index (χ1) is 11.6. The maximum absolute atomic E-state index is 12.5. The standard InChI is InChI=1S/C17H20ClN3O2S.2ClH/c18-14-10-12(19)3-4-13(14)17(22)20-11-15(16-2-1-9-24-16)21-5-7-23-8-6-21;;/h1-4,9-10,15H,5-8,11,19H2,(H,20,22);2*1H. The van der Waals surface area contributed by atoms with Crippen molar-refractivity contribution in [2.45, 2.75) is 6.04 Å². The first-order valence-electron chi connectivity index (χ1n) is 7.83. The summed E-state index contributed by atoms with van der Waals surface area (Å²) in [5.74, 6) is -0.185. The van der Waals surface area contributed by atoms with E-state index in [1.165, 1.54) is 4.88 Å². The fourth-order valence-corrected chi connectivity index (χ4v) is 3.92. The van der Waals surface area contributed by atoms with Gasteiger partial charge in [-0.2, -0.15) is 0 Å². The van der Waals surface area contributed by atoms with E-state index in [0.29, 0.717) is 22.8 Å². The minimum atomic E-state index is -0.185. The molecule has 1 aromatic heterocycles. The van der Waals surface area contributed by atoms with Gasteiger partial charge in [-0.3, -0.25) is 9.69 Å². The molecule has 9 heteroatoms. The van der Waals surface area contributed by atoms with E-state index >= 15 is 0 Å². The van der Waals surface area contributed by atoms with Gasteiger partial charge >= 0.3 is 0 Å². The Hall–Kier alpha value is -1.02. The zero-order chi connectivity index (χ0) is 16.9. The van der Waals surface area contributed by atoms with Crippen LogP contribution in [-0.2, 0) is 4.74 Å². The number of hydrogen-bond donors (Lipinski definition) is 2. The molecule has 3 N–H and O–H groups in total. The van der Waals surface area contributed by atoms with Crippen molar-refractivity contribution >= 4 is 59.3 Å². The van der Waals surface area contributed by atoms with Crippen LogP contribution in [-0.4, -0.2) is 43.7 Å². The van der Waals surface area contributed by atoms with Crippen LogP contribution in [0, 0.1) is 0 Å². The molecule has 1 aliphatic rings. The second kappa shape index (κ2) is 11.0. The van der Waals surface area contributed by atoms with Crippen LogP contribution in [0.3, 0.4) is 0 Å². The van der Waals surface area contributed by atoms with Crippen LogP contribution in [0.1, 0.15) is 21.3 Å². The van der Waals surface area contributed by atoms with Crippen molar-refractivity contribution in [2.75, 3.05) is 38.6 Å². The average molecular weight is 439 g/mol. The van der Waals surface area contributed by atoms with E-state index in [-0.39, 0.29) is 36.8 Å². The number of nitrogens with zero attached hydrogens (tertiary/aromatic N) is 1. The lowest BCUT2D eigenvalue weighted by atomic mass is 10.1. The van der Waals surface area contributed by atoms with Crippen LogP contribution in [0.5, 0.6) is 0 Å². The third-order valence-corrected chi connectivity index (χ3v) is 5.34. The Balaban J connectivity index is 0.00000169. The Kier molecular flexibility index (Phi) is 9.71. The number of hydrogen-bond acceptors (Lipinski definition) is 5. The van der Waals surface area contributed by atoms with Crippen molar-refractivity contribution in [3.8, 4) is 0 Å². The van der Waals surface area contributed by atoms with E-state index in [0.717, 1.165) is 26.3 Å². The number of benzene rings is 1. The Morgan fingerprint density at radius 1 is 1.31 bits per heavy atom. The van der Waals surface area contributed by atoms with Crippen molar-refractivity contribution in [2.24, 2.45) is 0 Å². The fourth-order valence-electron chi connectivity index (χ4n) is 2.78. The zero-order valence-electron chi connectivity index (χ0n) is 14.0. The molecule has 1 unspecified atom stereocenters. The normalized spacial score (nSPS) is 15.4. The number of carbonyl (C=O) groups is 1. The molecule has 0 radical (unpaired) electrons. The molecule has 0 bridgehead atoms. The number of morpholine rings is 1. The molecule has 1 amide bonds. The molecule has 2 aromatic rings. The molecule has 3 rings (SSSR count). The number of thiophene rings is 1. The van der Waals surface area contributed by atoms with E-state index in [2.05, 4.69) is 21.7 Å². The Labute approximate surface area is 174 Å². The number of amides is 1. The Morgan fingerprint density at radius 2 is 2.04 bits per heavy atom. The van der Waals surface area contributed by atoms with E-state index in [4.69, 9.17) is 22.1 Å². The Morgan fingerprint density at radius 3 is 2.65 bits per heavy atom. The maximum Gasteiger partial charge on any atom is 0.252 e. The number of nitrogen functional groups attached to an aromatic ring is 1. The number of anilines is 1. The minimum Gasteiger partial charge on any atom is -0.399 e. The van der Waals surface area contributed by atoms with Crippen molar-refractivity contribution in [1.82, 2.24) is 10.2 Å². The minimum absolute atomic E-state index is 0. The third kappa shape index (κ3) is 5.74. The topological polar surface area (TPSA) is 67.6 Å². The van der Waals surface area contributed by atoms with Gasteiger partial charge in [0.2, 0.25) is 0 Å². The number of nitrogens with one attached hydrogen (secondary N) is 1. The van der Waals surface area contributed by atoms with Gasteiger partial charge in [-0.15, -0.1) is 36.2 Å². The van der Waals surface area contributed by atoms with Crippen molar-refractivity contribution in [1.29, 1.82) is 0 Å². The molecule has 1 aliphatic heterocycles. The highest BCUT2D eigenvalue weighted by Gasteiger charge is 2.24. The largest absolute Gasteiger partial charge is 0.399 e. The van der Waals surface area contributed by atoms with Gasteiger partial charge in [0.05, 0.1) is 29.8 Å². The van der Waals surface area contributed by atoms with Gasteiger partial charge in [-0.25, -0.2) is 0 Å². The van der Waals surface area contributed by atoms with Crippen LogP contribution in [0.4, 0.5) is 5.69 Å². The lowest BCUT2D eigenvalue weighted by Crippen LogP contribution is -2.43. The predicted octanol–water partition coefficient (Wildman–Crippen LogP) is 3.63. The number of ether oxygens (including phenoxy) is 1. The molecule has 0 aliphatic carbocycles. The van der Waals surface area contributed by atoms with Gasteiger partial charge in [0.1, 0.15) is 0 Å². The van der Waals surface area contributed by atoms with Crippen LogP contribution in [0.2, 0.25) is 5.02 Å². The molecule has 0 saturated carbocycles. The number of carbonyl (C=O) groups excluding carboxylic acids is 1. The average Bonchev–Trinajstić information content (AvgIpc) is 3.10. The highest BCUT2D eigenvalue weighted by atomic mass is 35.5. The summed E-state index contributed by atoms with van der Waals surface area (Å²) >= 11 is 7.82. The van der Waals surface area contributed by atoms with E-state index < -0.39 is 0 Å². The summed E-state index contributed by atoms with van der Waals surface area (Å²) in [5, 5.41) is 5.43. The SMILES string of the molecule is Cl.Cl.Nc1ccc(C(=O)NCC(c2cccs2)N2CCOCC2)c(Cl)c1. The first-order valence-corrected chi connectivity index (χ1v) is 9.09. The Bertz CT molecular complexity index is 695.